The third kappa shape index (κ3) is 5.22. The fraction of sp³-hybridized carbons (Fsp3) is 0.192. The van der Waals surface area contributed by atoms with Gasteiger partial charge in [0, 0.05) is 5.02 Å². The molecule has 0 saturated carbocycles. The quantitative estimate of drug-likeness (QED) is 0.375. The number of carbonyl (C=O) groups is 1. The van der Waals surface area contributed by atoms with Crippen LogP contribution < -0.4 is 20.1 Å². The number of benzene rings is 3. The van der Waals surface area contributed by atoms with E-state index in [0.29, 0.717) is 16.7 Å². The van der Waals surface area contributed by atoms with E-state index in [1.165, 1.54) is 0 Å². The van der Waals surface area contributed by atoms with Gasteiger partial charge in [-0.2, -0.15) is 4.98 Å². The molecule has 8 nitrogen and oxygen atoms in total. The smallest absolute Gasteiger partial charge is 0.264 e. The van der Waals surface area contributed by atoms with Gasteiger partial charge in [0.15, 0.2) is 6.61 Å². The maximum Gasteiger partial charge on any atom is 0.264 e. The number of halogens is 1. The first kappa shape index (κ1) is 22.7. The molecule has 0 fully saturated rings. The number of nitrogens with one attached hydrogen (secondary N) is 2. The molecule has 0 spiro atoms. The molecule has 1 aliphatic rings. The van der Waals surface area contributed by atoms with Crippen LogP contribution in [0.2, 0.25) is 5.02 Å². The number of carbonyl (C=O) groups excluding carboxylic acids is 1. The van der Waals surface area contributed by atoms with Gasteiger partial charge in [-0.1, -0.05) is 54.1 Å². The lowest BCUT2D eigenvalue weighted by atomic mass is 9.93. The van der Waals surface area contributed by atoms with Crippen molar-refractivity contribution in [2.45, 2.75) is 18.5 Å². The molecule has 4 aromatic rings. The van der Waals surface area contributed by atoms with Gasteiger partial charge < -0.3 is 14.8 Å². The van der Waals surface area contributed by atoms with Crippen molar-refractivity contribution in [2.75, 3.05) is 24.4 Å². The first-order valence-electron chi connectivity index (χ1n) is 11.2. The fourth-order valence-electron chi connectivity index (χ4n) is 4.07. The molecule has 2 N–H and O–H groups in total. The van der Waals surface area contributed by atoms with Crippen LogP contribution in [-0.2, 0) is 4.79 Å². The van der Waals surface area contributed by atoms with Crippen molar-refractivity contribution in [3.05, 3.63) is 95.0 Å². The molecule has 5 rings (SSSR count). The monoisotopic (exact) mass is 489 g/mol. The molecule has 2 unspecified atom stereocenters. The van der Waals surface area contributed by atoms with Gasteiger partial charge in [0.2, 0.25) is 5.95 Å². The number of amides is 1. The first-order valence-corrected chi connectivity index (χ1v) is 11.6. The topological polar surface area (TPSA) is 90.3 Å². The van der Waals surface area contributed by atoms with E-state index in [1.54, 1.807) is 19.2 Å². The van der Waals surface area contributed by atoms with Gasteiger partial charge in [0.05, 0.1) is 19.2 Å². The number of methoxy groups -OCH3 is 1. The molecule has 35 heavy (non-hydrogen) atoms. The number of hydrogen-bond donors (Lipinski definition) is 2. The summed E-state index contributed by atoms with van der Waals surface area (Å²) in [6, 6.07) is 24.7. The van der Waals surface area contributed by atoms with E-state index in [1.807, 2.05) is 71.4 Å². The number of fused-ring (bicyclic) bond motifs is 1. The predicted molar refractivity (Wildman–Crippen MR) is 134 cm³/mol. The Morgan fingerprint density at radius 2 is 1.74 bits per heavy atom. The summed E-state index contributed by atoms with van der Waals surface area (Å²) in [6.07, 6.45) is 0.731. The van der Waals surface area contributed by atoms with E-state index in [4.69, 9.17) is 21.1 Å². The minimum Gasteiger partial charge on any atom is -0.497 e. The first-order chi connectivity index (χ1) is 17.1. The molecular formula is C26H24ClN5O3. The molecule has 3 aromatic carbocycles. The van der Waals surface area contributed by atoms with Crippen LogP contribution in [0.15, 0.2) is 78.9 Å². The van der Waals surface area contributed by atoms with Gasteiger partial charge in [-0.05, 0) is 53.9 Å². The van der Waals surface area contributed by atoms with Gasteiger partial charge in [-0.15, -0.1) is 5.10 Å². The third-order valence-corrected chi connectivity index (χ3v) is 6.08. The lowest BCUT2D eigenvalue weighted by Crippen LogP contribution is -2.28. The van der Waals surface area contributed by atoms with Crippen molar-refractivity contribution < 1.29 is 14.3 Å². The second kappa shape index (κ2) is 10.1. The van der Waals surface area contributed by atoms with E-state index in [9.17, 15) is 4.79 Å². The number of anilines is 2. The Labute approximate surface area is 207 Å². The van der Waals surface area contributed by atoms with Crippen LogP contribution >= 0.6 is 11.6 Å². The van der Waals surface area contributed by atoms with E-state index in [2.05, 4.69) is 20.7 Å². The summed E-state index contributed by atoms with van der Waals surface area (Å²) in [5.41, 5.74) is 2.15. The number of para-hydroxylation sites is 1. The Bertz CT molecular complexity index is 1290. The summed E-state index contributed by atoms with van der Waals surface area (Å²) < 4.78 is 12.6. The van der Waals surface area contributed by atoms with Gasteiger partial charge in [-0.3, -0.25) is 10.1 Å². The molecule has 1 aromatic heterocycles. The Morgan fingerprint density at radius 1 is 1.03 bits per heavy atom. The van der Waals surface area contributed by atoms with Crippen molar-refractivity contribution in [3.8, 4) is 11.5 Å². The largest absolute Gasteiger partial charge is 0.497 e. The second-order valence-corrected chi connectivity index (χ2v) is 8.56. The summed E-state index contributed by atoms with van der Waals surface area (Å²) in [5, 5.41) is 11.5. The standard InChI is InChI=1S/C26H24ClN5O3/c1-34-20-13-9-18(10-14-20)23-15-22(17-7-11-19(27)12-8-17)28-26-30-25(31-32(23)26)29-24(33)16-35-21-5-3-2-4-6-21/h2-14,22-23H,15-16H2,1H3,(H2,28,29,30,31,33). The van der Waals surface area contributed by atoms with Gasteiger partial charge in [-0.25, -0.2) is 4.68 Å². The van der Waals surface area contributed by atoms with Crippen LogP contribution in [0.3, 0.4) is 0 Å². The zero-order chi connectivity index (χ0) is 24.2. The van der Waals surface area contributed by atoms with Crippen LogP contribution in [0.1, 0.15) is 29.6 Å². The van der Waals surface area contributed by atoms with E-state index >= 15 is 0 Å². The SMILES string of the molecule is COc1ccc(C2CC(c3ccc(Cl)cc3)Nc3nc(NC(=O)COc4ccccc4)nn32)cc1. The summed E-state index contributed by atoms with van der Waals surface area (Å²) in [4.78, 5) is 17.0. The summed E-state index contributed by atoms with van der Waals surface area (Å²) >= 11 is 6.09. The van der Waals surface area contributed by atoms with Crippen LogP contribution in [0.25, 0.3) is 0 Å². The average molecular weight is 490 g/mol. The van der Waals surface area contributed by atoms with Gasteiger partial charge >= 0.3 is 0 Å². The van der Waals surface area contributed by atoms with E-state index in [-0.39, 0.29) is 30.5 Å². The summed E-state index contributed by atoms with van der Waals surface area (Å²) in [6.45, 7) is -0.142. The highest BCUT2D eigenvalue weighted by Crippen LogP contribution is 2.38. The van der Waals surface area contributed by atoms with Crippen molar-refractivity contribution in [2.24, 2.45) is 0 Å². The molecule has 1 amide bonds. The minimum absolute atomic E-state index is 0.0129. The Morgan fingerprint density at radius 3 is 2.46 bits per heavy atom. The molecular weight excluding hydrogens is 466 g/mol. The normalized spacial score (nSPS) is 16.6. The zero-order valence-corrected chi connectivity index (χ0v) is 19.8. The molecule has 2 heterocycles. The molecule has 9 heteroatoms. The minimum atomic E-state index is -0.341. The van der Waals surface area contributed by atoms with Crippen molar-refractivity contribution in [3.63, 3.8) is 0 Å². The van der Waals surface area contributed by atoms with Crippen LogP contribution in [-0.4, -0.2) is 34.4 Å². The predicted octanol–water partition coefficient (Wildman–Crippen LogP) is 5.10. The zero-order valence-electron chi connectivity index (χ0n) is 19.0. The number of ether oxygens (including phenoxy) is 2. The number of aromatic nitrogens is 3. The highest BCUT2D eigenvalue weighted by Gasteiger charge is 2.31. The average Bonchev–Trinajstić information content (AvgIpc) is 3.30. The molecule has 0 saturated heterocycles. The molecule has 0 radical (unpaired) electrons. The molecule has 2 atom stereocenters. The molecule has 178 valence electrons. The van der Waals surface area contributed by atoms with E-state index < -0.39 is 0 Å². The van der Waals surface area contributed by atoms with Crippen LogP contribution in [0.4, 0.5) is 11.9 Å². The third-order valence-electron chi connectivity index (χ3n) is 5.83. The number of rotatable bonds is 7. The number of hydrogen-bond acceptors (Lipinski definition) is 6. The molecule has 0 bridgehead atoms. The Hall–Kier alpha value is -4.04. The summed E-state index contributed by atoms with van der Waals surface area (Å²) in [5.74, 6) is 1.83. The summed E-state index contributed by atoms with van der Waals surface area (Å²) in [7, 11) is 1.64. The Kier molecular flexibility index (Phi) is 6.54. The van der Waals surface area contributed by atoms with Gasteiger partial charge in [0.1, 0.15) is 11.5 Å². The van der Waals surface area contributed by atoms with Crippen molar-refractivity contribution in [1.29, 1.82) is 0 Å². The lowest BCUT2D eigenvalue weighted by Gasteiger charge is -2.31. The van der Waals surface area contributed by atoms with Crippen LogP contribution in [0.5, 0.6) is 11.5 Å². The van der Waals surface area contributed by atoms with Gasteiger partial charge in [0.25, 0.3) is 11.9 Å². The van der Waals surface area contributed by atoms with Crippen molar-refractivity contribution >= 4 is 29.4 Å². The molecule has 0 aliphatic carbocycles. The Balaban J connectivity index is 1.38. The maximum atomic E-state index is 12.5. The fourth-order valence-corrected chi connectivity index (χ4v) is 4.20. The lowest BCUT2D eigenvalue weighted by molar-refractivity contribution is -0.118. The maximum absolute atomic E-state index is 12.5. The second-order valence-electron chi connectivity index (χ2n) is 8.13. The van der Waals surface area contributed by atoms with Crippen LogP contribution in [0, 0.1) is 0 Å². The highest BCUT2D eigenvalue weighted by molar-refractivity contribution is 6.30. The number of nitrogens with zero attached hydrogens (tertiary/aromatic N) is 3. The molecule has 1 aliphatic heterocycles. The highest BCUT2D eigenvalue weighted by atomic mass is 35.5. The van der Waals surface area contributed by atoms with Crippen molar-refractivity contribution in [1.82, 2.24) is 14.8 Å². The van der Waals surface area contributed by atoms with E-state index in [0.717, 1.165) is 23.3 Å².